The standard InChI is InChI=1S/C23H31FO6/c1-13(2)11-29-21(26)19-17(25)10-23(5,28)20(22(27)30-12-14(3)4)18(19)15-7-6-8-16(24)9-15/h6-9,13-14,18-20,28H,10-12H2,1-5H3/t18-,19+,20-,23-/m0/s1. The number of carbonyl (C=O) groups is 3. The van der Waals surface area contributed by atoms with E-state index in [2.05, 4.69) is 0 Å². The summed E-state index contributed by atoms with van der Waals surface area (Å²) in [5.74, 6) is -6.17. The average Bonchev–Trinajstić information content (AvgIpc) is 2.62. The number of carbonyl (C=O) groups excluding carboxylic acids is 3. The van der Waals surface area contributed by atoms with Crippen molar-refractivity contribution in [2.24, 2.45) is 23.7 Å². The molecule has 1 aromatic carbocycles. The molecule has 0 bridgehead atoms. The molecule has 0 radical (unpaired) electrons. The second kappa shape index (κ2) is 9.69. The SMILES string of the molecule is CC(C)COC(=O)[C@@H]1C(=O)C[C@](C)(O)[C@H](C(=O)OCC(C)C)[C@H]1c1cccc(F)c1. The highest BCUT2D eigenvalue weighted by Gasteiger charge is 2.57. The van der Waals surface area contributed by atoms with Gasteiger partial charge in [-0.3, -0.25) is 14.4 Å². The van der Waals surface area contributed by atoms with E-state index in [1.807, 2.05) is 27.7 Å². The largest absolute Gasteiger partial charge is 0.465 e. The van der Waals surface area contributed by atoms with Crippen LogP contribution in [0.4, 0.5) is 4.39 Å². The fourth-order valence-electron chi connectivity index (χ4n) is 3.81. The van der Waals surface area contributed by atoms with Crippen LogP contribution in [0.25, 0.3) is 0 Å². The van der Waals surface area contributed by atoms with E-state index in [4.69, 9.17) is 9.47 Å². The first-order valence-corrected chi connectivity index (χ1v) is 10.3. The number of halogens is 1. The van der Waals surface area contributed by atoms with Crippen LogP contribution < -0.4 is 0 Å². The first kappa shape index (κ1) is 24.0. The molecule has 0 saturated heterocycles. The van der Waals surface area contributed by atoms with Crippen LogP contribution in [0, 0.1) is 29.5 Å². The quantitative estimate of drug-likeness (QED) is 0.536. The van der Waals surface area contributed by atoms with E-state index < -0.39 is 53.3 Å². The molecule has 0 heterocycles. The summed E-state index contributed by atoms with van der Waals surface area (Å²) < 4.78 is 24.7. The van der Waals surface area contributed by atoms with Crippen LogP contribution in [0.1, 0.15) is 52.5 Å². The molecular formula is C23H31FO6. The van der Waals surface area contributed by atoms with E-state index in [1.54, 1.807) is 0 Å². The highest BCUT2D eigenvalue weighted by atomic mass is 19.1. The molecule has 1 aliphatic rings. The zero-order valence-electron chi connectivity index (χ0n) is 18.2. The zero-order valence-corrected chi connectivity index (χ0v) is 18.2. The Morgan fingerprint density at radius 2 is 1.70 bits per heavy atom. The predicted octanol–water partition coefficient (Wildman–Crippen LogP) is 3.26. The molecule has 0 amide bonds. The second-order valence-electron chi connectivity index (χ2n) is 9.08. The van der Waals surface area contributed by atoms with Crippen molar-refractivity contribution in [3.05, 3.63) is 35.6 Å². The van der Waals surface area contributed by atoms with Gasteiger partial charge in [-0.05, 0) is 36.5 Å². The van der Waals surface area contributed by atoms with Gasteiger partial charge in [0.15, 0.2) is 5.78 Å². The number of ether oxygens (including phenoxy) is 2. The normalized spacial score (nSPS) is 26.7. The van der Waals surface area contributed by atoms with E-state index in [0.29, 0.717) is 0 Å². The lowest BCUT2D eigenvalue weighted by Gasteiger charge is -2.43. The maximum Gasteiger partial charge on any atom is 0.317 e. The third-order valence-electron chi connectivity index (χ3n) is 5.13. The molecule has 1 saturated carbocycles. The Labute approximate surface area is 176 Å². The lowest BCUT2D eigenvalue weighted by Crippen LogP contribution is -2.55. The molecule has 4 atom stereocenters. The minimum Gasteiger partial charge on any atom is -0.465 e. The highest BCUT2D eigenvalue weighted by molar-refractivity contribution is 6.02. The van der Waals surface area contributed by atoms with Gasteiger partial charge in [0.25, 0.3) is 0 Å². The molecule has 0 unspecified atom stereocenters. The summed E-state index contributed by atoms with van der Waals surface area (Å²) in [6, 6.07) is 5.37. The van der Waals surface area contributed by atoms with Crippen molar-refractivity contribution in [1.82, 2.24) is 0 Å². The molecule has 166 valence electrons. The summed E-state index contributed by atoms with van der Waals surface area (Å²) in [4.78, 5) is 38.7. The molecule has 1 aromatic rings. The van der Waals surface area contributed by atoms with Gasteiger partial charge in [0.05, 0.1) is 24.7 Å². The van der Waals surface area contributed by atoms with Gasteiger partial charge >= 0.3 is 11.9 Å². The number of esters is 2. The summed E-state index contributed by atoms with van der Waals surface area (Å²) in [5, 5.41) is 11.0. The van der Waals surface area contributed by atoms with Crippen LogP contribution in [-0.4, -0.2) is 41.6 Å². The summed E-state index contributed by atoms with van der Waals surface area (Å²) in [7, 11) is 0. The fourth-order valence-corrected chi connectivity index (χ4v) is 3.81. The van der Waals surface area contributed by atoms with Crippen molar-refractivity contribution >= 4 is 17.7 Å². The third-order valence-corrected chi connectivity index (χ3v) is 5.13. The van der Waals surface area contributed by atoms with E-state index in [1.165, 1.54) is 31.2 Å². The Morgan fingerprint density at radius 1 is 1.13 bits per heavy atom. The minimum atomic E-state index is -1.75. The Kier molecular flexibility index (Phi) is 7.75. The average molecular weight is 422 g/mol. The summed E-state index contributed by atoms with van der Waals surface area (Å²) in [6.45, 7) is 9.05. The van der Waals surface area contributed by atoms with E-state index >= 15 is 0 Å². The summed E-state index contributed by atoms with van der Waals surface area (Å²) >= 11 is 0. The van der Waals surface area contributed by atoms with Crippen LogP contribution in [0.5, 0.6) is 0 Å². The molecule has 30 heavy (non-hydrogen) atoms. The Hall–Kier alpha value is -2.28. The molecule has 1 fully saturated rings. The van der Waals surface area contributed by atoms with Crippen LogP contribution >= 0.6 is 0 Å². The van der Waals surface area contributed by atoms with Gasteiger partial charge in [0.2, 0.25) is 0 Å². The smallest absolute Gasteiger partial charge is 0.317 e. The van der Waals surface area contributed by atoms with Crippen molar-refractivity contribution in [3.63, 3.8) is 0 Å². The van der Waals surface area contributed by atoms with E-state index in [-0.39, 0.29) is 30.6 Å². The maximum atomic E-state index is 14.0. The van der Waals surface area contributed by atoms with Crippen molar-refractivity contribution in [2.45, 2.75) is 52.6 Å². The van der Waals surface area contributed by atoms with Crippen LogP contribution in [0.15, 0.2) is 24.3 Å². The molecule has 0 aliphatic heterocycles. The predicted molar refractivity (Wildman–Crippen MR) is 108 cm³/mol. The third kappa shape index (κ3) is 5.65. The van der Waals surface area contributed by atoms with Crippen LogP contribution in [-0.2, 0) is 23.9 Å². The molecule has 7 heteroatoms. The zero-order chi connectivity index (χ0) is 22.6. The number of benzene rings is 1. The molecular weight excluding hydrogens is 391 g/mol. The fraction of sp³-hybridized carbons (Fsp3) is 0.609. The number of Topliss-reactive ketones (excluding diaryl/α,β-unsaturated/α-hetero) is 1. The monoisotopic (exact) mass is 422 g/mol. The van der Waals surface area contributed by atoms with E-state index in [0.717, 1.165) is 0 Å². The number of aliphatic hydroxyl groups is 1. The van der Waals surface area contributed by atoms with Gasteiger partial charge in [0, 0.05) is 12.3 Å². The molecule has 1 aliphatic carbocycles. The number of hydrogen-bond donors (Lipinski definition) is 1. The van der Waals surface area contributed by atoms with Crippen molar-refractivity contribution in [3.8, 4) is 0 Å². The van der Waals surface area contributed by atoms with Gasteiger partial charge in [-0.25, -0.2) is 4.39 Å². The molecule has 0 aromatic heterocycles. The van der Waals surface area contributed by atoms with Crippen LogP contribution in [0.2, 0.25) is 0 Å². The van der Waals surface area contributed by atoms with Gasteiger partial charge in [0.1, 0.15) is 11.7 Å². The first-order chi connectivity index (χ1) is 13.9. The number of hydrogen-bond acceptors (Lipinski definition) is 6. The van der Waals surface area contributed by atoms with Crippen LogP contribution in [0.3, 0.4) is 0 Å². The molecule has 0 spiro atoms. The Balaban J connectivity index is 2.53. The molecule has 6 nitrogen and oxygen atoms in total. The van der Waals surface area contributed by atoms with Crippen molar-refractivity contribution in [1.29, 1.82) is 0 Å². The number of ketones is 1. The van der Waals surface area contributed by atoms with Gasteiger partial charge in [-0.2, -0.15) is 0 Å². The van der Waals surface area contributed by atoms with Gasteiger partial charge < -0.3 is 14.6 Å². The topological polar surface area (TPSA) is 89.9 Å². The van der Waals surface area contributed by atoms with Crippen molar-refractivity contribution in [2.75, 3.05) is 13.2 Å². The number of rotatable bonds is 7. The maximum absolute atomic E-state index is 14.0. The minimum absolute atomic E-state index is 0.0511. The highest BCUT2D eigenvalue weighted by Crippen LogP contribution is 2.46. The van der Waals surface area contributed by atoms with E-state index in [9.17, 15) is 23.9 Å². The lowest BCUT2D eigenvalue weighted by atomic mass is 9.61. The summed E-state index contributed by atoms with van der Waals surface area (Å²) in [6.07, 6.45) is -0.401. The second-order valence-corrected chi connectivity index (χ2v) is 9.08. The molecule has 2 rings (SSSR count). The van der Waals surface area contributed by atoms with Crippen molar-refractivity contribution < 1.29 is 33.4 Å². The Morgan fingerprint density at radius 3 is 2.23 bits per heavy atom. The lowest BCUT2D eigenvalue weighted by molar-refractivity contribution is -0.174. The first-order valence-electron chi connectivity index (χ1n) is 10.3. The van der Waals surface area contributed by atoms with Gasteiger partial charge in [-0.15, -0.1) is 0 Å². The Bertz CT molecular complexity index is 786. The van der Waals surface area contributed by atoms with Gasteiger partial charge in [-0.1, -0.05) is 39.8 Å². The molecule has 1 N–H and O–H groups in total. The summed E-state index contributed by atoms with van der Waals surface area (Å²) in [5.41, 5.74) is -1.49.